The SMILES string of the molecule is CNCC1(Cc2ccc3c(c2)CCCO3)CC1. The van der Waals surface area contributed by atoms with E-state index in [-0.39, 0.29) is 0 Å². The van der Waals surface area contributed by atoms with Crippen LogP contribution >= 0.6 is 0 Å². The zero-order valence-electron chi connectivity index (χ0n) is 10.6. The topological polar surface area (TPSA) is 21.3 Å². The quantitative estimate of drug-likeness (QED) is 0.860. The summed E-state index contributed by atoms with van der Waals surface area (Å²) < 4.78 is 5.66. The Hall–Kier alpha value is -1.02. The zero-order chi connectivity index (χ0) is 11.7. The van der Waals surface area contributed by atoms with Crippen LogP contribution in [0.15, 0.2) is 18.2 Å². The fourth-order valence-electron chi connectivity index (χ4n) is 2.92. The van der Waals surface area contributed by atoms with E-state index >= 15 is 0 Å². The zero-order valence-corrected chi connectivity index (χ0v) is 10.6. The molecule has 1 fully saturated rings. The van der Waals surface area contributed by atoms with Crippen LogP contribution in [0.1, 0.15) is 30.4 Å². The highest BCUT2D eigenvalue weighted by molar-refractivity contribution is 5.39. The molecular formula is C15H21NO. The van der Waals surface area contributed by atoms with Gasteiger partial charge in [-0.3, -0.25) is 0 Å². The molecule has 0 radical (unpaired) electrons. The fraction of sp³-hybridized carbons (Fsp3) is 0.600. The highest BCUT2D eigenvalue weighted by Gasteiger charge is 2.41. The number of nitrogens with one attached hydrogen (secondary N) is 1. The molecule has 2 aliphatic rings. The van der Waals surface area contributed by atoms with E-state index in [1.807, 2.05) is 0 Å². The first-order chi connectivity index (χ1) is 8.31. The molecule has 0 unspecified atom stereocenters. The maximum atomic E-state index is 5.66. The molecule has 0 amide bonds. The summed E-state index contributed by atoms with van der Waals surface area (Å²) in [4.78, 5) is 0. The summed E-state index contributed by atoms with van der Waals surface area (Å²) in [6.45, 7) is 2.04. The molecule has 0 aromatic heterocycles. The van der Waals surface area contributed by atoms with Gasteiger partial charge >= 0.3 is 0 Å². The lowest BCUT2D eigenvalue weighted by atomic mass is 9.94. The minimum Gasteiger partial charge on any atom is -0.493 e. The lowest BCUT2D eigenvalue weighted by molar-refractivity contribution is 0.288. The standard InChI is InChI=1S/C15H21NO/c1-16-11-15(6-7-15)10-12-4-5-14-13(9-12)3-2-8-17-14/h4-5,9,16H,2-3,6-8,10-11H2,1H3. The van der Waals surface area contributed by atoms with Crippen molar-refractivity contribution in [2.45, 2.75) is 32.1 Å². The first-order valence-corrected chi connectivity index (χ1v) is 6.71. The van der Waals surface area contributed by atoms with Gasteiger partial charge in [0.05, 0.1) is 6.61 Å². The smallest absolute Gasteiger partial charge is 0.122 e. The van der Waals surface area contributed by atoms with Gasteiger partial charge in [0.2, 0.25) is 0 Å². The van der Waals surface area contributed by atoms with E-state index in [1.54, 1.807) is 0 Å². The van der Waals surface area contributed by atoms with Gasteiger partial charge in [-0.2, -0.15) is 0 Å². The first kappa shape index (κ1) is 11.1. The molecule has 0 bridgehead atoms. The Bertz CT molecular complexity index is 409. The molecule has 1 aliphatic carbocycles. The number of benzene rings is 1. The summed E-state index contributed by atoms with van der Waals surface area (Å²) in [6.07, 6.45) is 6.32. The summed E-state index contributed by atoms with van der Waals surface area (Å²) >= 11 is 0. The van der Waals surface area contributed by atoms with Crippen molar-refractivity contribution in [3.8, 4) is 5.75 Å². The van der Waals surface area contributed by atoms with E-state index in [0.29, 0.717) is 5.41 Å². The number of hydrogen-bond donors (Lipinski definition) is 1. The third-order valence-electron chi connectivity index (χ3n) is 4.06. The molecule has 17 heavy (non-hydrogen) atoms. The molecule has 3 rings (SSSR count). The van der Waals surface area contributed by atoms with E-state index in [0.717, 1.165) is 25.3 Å². The van der Waals surface area contributed by atoms with Crippen molar-refractivity contribution in [3.63, 3.8) is 0 Å². The van der Waals surface area contributed by atoms with Crippen molar-refractivity contribution in [2.75, 3.05) is 20.2 Å². The van der Waals surface area contributed by atoms with Crippen LogP contribution in [0.2, 0.25) is 0 Å². The highest BCUT2D eigenvalue weighted by atomic mass is 16.5. The minimum absolute atomic E-state index is 0.554. The lowest BCUT2D eigenvalue weighted by Gasteiger charge is -2.20. The second kappa shape index (κ2) is 4.34. The van der Waals surface area contributed by atoms with E-state index < -0.39 is 0 Å². The number of fused-ring (bicyclic) bond motifs is 1. The lowest BCUT2D eigenvalue weighted by Crippen LogP contribution is -2.22. The van der Waals surface area contributed by atoms with Crippen LogP contribution in [0.3, 0.4) is 0 Å². The van der Waals surface area contributed by atoms with Crippen LogP contribution in [-0.2, 0) is 12.8 Å². The number of aryl methyl sites for hydroxylation is 1. The molecule has 1 heterocycles. The molecular weight excluding hydrogens is 210 g/mol. The van der Waals surface area contributed by atoms with E-state index in [4.69, 9.17) is 4.74 Å². The summed E-state index contributed by atoms with van der Waals surface area (Å²) in [5.74, 6) is 1.11. The fourth-order valence-corrected chi connectivity index (χ4v) is 2.92. The molecule has 1 aliphatic heterocycles. The Morgan fingerprint density at radius 3 is 3.00 bits per heavy atom. The maximum Gasteiger partial charge on any atom is 0.122 e. The first-order valence-electron chi connectivity index (χ1n) is 6.71. The van der Waals surface area contributed by atoms with Gasteiger partial charge in [-0.1, -0.05) is 12.1 Å². The van der Waals surface area contributed by atoms with Gasteiger partial charge in [-0.25, -0.2) is 0 Å². The number of rotatable bonds is 4. The van der Waals surface area contributed by atoms with Crippen molar-refractivity contribution >= 4 is 0 Å². The molecule has 1 N–H and O–H groups in total. The highest BCUT2D eigenvalue weighted by Crippen LogP contribution is 2.48. The van der Waals surface area contributed by atoms with Crippen molar-refractivity contribution in [2.24, 2.45) is 5.41 Å². The van der Waals surface area contributed by atoms with Crippen molar-refractivity contribution in [3.05, 3.63) is 29.3 Å². The van der Waals surface area contributed by atoms with Gasteiger partial charge in [0.1, 0.15) is 5.75 Å². The average molecular weight is 231 g/mol. The molecule has 92 valence electrons. The summed E-state index contributed by atoms with van der Waals surface area (Å²) in [6, 6.07) is 6.78. The van der Waals surface area contributed by atoms with Crippen molar-refractivity contribution < 1.29 is 4.74 Å². The summed E-state index contributed by atoms with van der Waals surface area (Å²) in [7, 11) is 2.06. The van der Waals surface area contributed by atoms with Gasteiger partial charge < -0.3 is 10.1 Å². The minimum atomic E-state index is 0.554. The maximum absolute atomic E-state index is 5.66. The number of hydrogen-bond acceptors (Lipinski definition) is 2. The van der Waals surface area contributed by atoms with Crippen molar-refractivity contribution in [1.82, 2.24) is 5.32 Å². The van der Waals surface area contributed by atoms with Crippen LogP contribution in [0, 0.1) is 5.41 Å². The second-order valence-electron chi connectivity index (χ2n) is 5.60. The second-order valence-corrected chi connectivity index (χ2v) is 5.60. The van der Waals surface area contributed by atoms with Gasteiger partial charge in [-0.05, 0) is 61.8 Å². The summed E-state index contributed by atoms with van der Waals surface area (Å²) in [5.41, 5.74) is 3.45. The van der Waals surface area contributed by atoms with Crippen LogP contribution in [0.5, 0.6) is 5.75 Å². The van der Waals surface area contributed by atoms with Crippen LogP contribution in [-0.4, -0.2) is 20.2 Å². The molecule has 1 aromatic rings. The predicted octanol–water partition coefficient (Wildman–Crippen LogP) is 2.55. The van der Waals surface area contributed by atoms with E-state index in [2.05, 4.69) is 30.6 Å². The Morgan fingerprint density at radius 2 is 2.24 bits per heavy atom. The summed E-state index contributed by atoms with van der Waals surface area (Å²) in [5, 5.41) is 3.33. The Balaban J connectivity index is 1.75. The third-order valence-corrected chi connectivity index (χ3v) is 4.06. The Kier molecular flexibility index (Phi) is 2.83. The van der Waals surface area contributed by atoms with Crippen LogP contribution in [0.4, 0.5) is 0 Å². The molecule has 0 saturated heterocycles. The number of ether oxygens (including phenoxy) is 1. The molecule has 1 aromatic carbocycles. The molecule has 0 spiro atoms. The van der Waals surface area contributed by atoms with Crippen LogP contribution < -0.4 is 10.1 Å². The monoisotopic (exact) mass is 231 g/mol. The van der Waals surface area contributed by atoms with Gasteiger partial charge in [0.25, 0.3) is 0 Å². The largest absolute Gasteiger partial charge is 0.493 e. The Morgan fingerprint density at radius 1 is 1.35 bits per heavy atom. The molecule has 0 atom stereocenters. The van der Waals surface area contributed by atoms with Gasteiger partial charge in [0.15, 0.2) is 0 Å². The van der Waals surface area contributed by atoms with Gasteiger partial charge in [-0.15, -0.1) is 0 Å². The Labute approximate surface area is 103 Å². The van der Waals surface area contributed by atoms with E-state index in [1.165, 1.54) is 36.8 Å². The molecule has 2 heteroatoms. The van der Waals surface area contributed by atoms with Gasteiger partial charge in [0, 0.05) is 6.54 Å². The molecule has 1 saturated carbocycles. The molecule has 2 nitrogen and oxygen atoms in total. The normalized spacial score (nSPS) is 20.5. The van der Waals surface area contributed by atoms with Crippen LogP contribution in [0.25, 0.3) is 0 Å². The predicted molar refractivity (Wildman–Crippen MR) is 69.6 cm³/mol. The third kappa shape index (κ3) is 2.32. The van der Waals surface area contributed by atoms with E-state index in [9.17, 15) is 0 Å². The average Bonchev–Trinajstić information content (AvgIpc) is 3.09. The van der Waals surface area contributed by atoms with Crippen molar-refractivity contribution in [1.29, 1.82) is 0 Å².